The van der Waals surface area contributed by atoms with Crippen LogP contribution in [0.1, 0.15) is 29.3 Å². The van der Waals surface area contributed by atoms with Gasteiger partial charge in [-0.15, -0.1) is 11.8 Å². The molecule has 5 rings (SSSR count). The van der Waals surface area contributed by atoms with E-state index in [0.717, 1.165) is 26.9 Å². The van der Waals surface area contributed by atoms with Crippen LogP contribution in [-0.4, -0.2) is 23.0 Å². The molecule has 0 aromatic heterocycles. The average Bonchev–Trinajstić information content (AvgIpc) is 3.04. The van der Waals surface area contributed by atoms with Crippen LogP contribution in [0.25, 0.3) is 16.8 Å². The molecule has 0 bridgehead atoms. The van der Waals surface area contributed by atoms with E-state index in [1.807, 2.05) is 104 Å². The minimum absolute atomic E-state index is 0.0890. The highest BCUT2D eigenvalue weighted by atomic mass is 32.2. The molecule has 0 aliphatic carbocycles. The SMILES string of the molecule is CCC(Sc1cccc(NC(=O)/C(=C/c2ccccc2)NC(=O)c2ccccc2)c1)C(=O)Nc1ccc2ccccc2c1. The molecule has 0 saturated heterocycles. The third-order valence-electron chi connectivity index (χ3n) is 6.69. The zero-order valence-electron chi connectivity index (χ0n) is 23.6. The summed E-state index contributed by atoms with van der Waals surface area (Å²) in [6, 6.07) is 39.3. The zero-order chi connectivity index (χ0) is 30.0. The van der Waals surface area contributed by atoms with Gasteiger partial charge in [0.05, 0.1) is 5.25 Å². The van der Waals surface area contributed by atoms with Crippen LogP contribution in [0.5, 0.6) is 0 Å². The Morgan fingerprint density at radius 3 is 2.12 bits per heavy atom. The van der Waals surface area contributed by atoms with Gasteiger partial charge in [-0.25, -0.2) is 0 Å². The Morgan fingerprint density at radius 2 is 1.37 bits per heavy atom. The van der Waals surface area contributed by atoms with E-state index in [0.29, 0.717) is 17.7 Å². The molecule has 0 radical (unpaired) electrons. The first-order valence-corrected chi connectivity index (χ1v) is 14.9. The van der Waals surface area contributed by atoms with Gasteiger partial charge in [0.2, 0.25) is 5.91 Å². The van der Waals surface area contributed by atoms with Crippen molar-refractivity contribution in [3.8, 4) is 0 Å². The number of hydrogen-bond acceptors (Lipinski definition) is 4. The third-order valence-corrected chi connectivity index (χ3v) is 8.05. The highest BCUT2D eigenvalue weighted by molar-refractivity contribution is 8.00. The van der Waals surface area contributed by atoms with Crippen molar-refractivity contribution in [3.63, 3.8) is 0 Å². The maximum absolute atomic E-state index is 13.4. The number of hydrogen-bond donors (Lipinski definition) is 3. The Balaban J connectivity index is 1.28. The number of anilines is 2. The molecule has 1 atom stereocenters. The summed E-state index contributed by atoms with van der Waals surface area (Å²) < 4.78 is 0. The lowest BCUT2D eigenvalue weighted by Crippen LogP contribution is -2.30. The van der Waals surface area contributed by atoms with Gasteiger partial charge < -0.3 is 16.0 Å². The Morgan fingerprint density at radius 1 is 0.698 bits per heavy atom. The summed E-state index contributed by atoms with van der Waals surface area (Å²) in [5, 5.41) is 10.5. The molecule has 0 spiro atoms. The smallest absolute Gasteiger partial charge is 0.272 e. The van der Waals surface area contributed by atoms with Crippen molar-refractivity contribution >= 4 is 57.7 Å². The maximum atomic E-state index is 13.4. The molecule has 1 unspecified atom stereocenters. The molecule has 43 heavy (non-hydrogen) atoms. The maximum Gasteiger partial charge on any atom is 0.272 e. The fraction of sp³-hybridized carbons (Fsp3) is 0.0833. The standard InChI is InChI=1S/C36H31N3O3S/c1-2-33(36(42)38-30-21-20-26-14-9-10-17-28(26)23-30)43-31-19-11-18-29(24-31)37-35(41)32(22-25-12-5-3-6-13-25)39-34(40)27-15-7-4-8-16-27/h3-24,33H,2H2,1H3,(H,37,41)(H,38,42)(H,39,40)/b32-22-. The van der Waals surface area contributed by atoms with E-state index < -0.39 is 5.91 Å². The summed E-state index contributed by atoms with van der Waals surface area (Å²) in [7, 11) is 0. The molecule has 0 heterocycles. The van der Waals surface area contributed by atoms with Crippen LogP contribution in [-0.2, 0) is 9.59 Å². The van der Waals surface area contributed by atoms with E-state index in [9.17, 15) is 14.4 Å². The topological polar surface area (TPSA) is 87.3 Å². The molecule has 3 amide bonds. The summed E-state index contributed by atoms with van der Waals surface area (Å²) in [4.78, 5) is 40.3. The summed E-state index contributed by atoms with van der Waals surface area (Å²) >= 11 is 1.43. The molecule has 3 N–H and O–H groups in total. The predicted octanol–water partition coefficient (Wildman–Crippen LogP) is 7.76. The highest BCUT2D eigenvalue weighted by Crippen LogP contribution is 2.29. The lowest BCUT2D eigenvalue weighted by atomic mass is 10.1. The van der Waals surface area contributed by atoms with Crippen LogP contribution < -0.4 is 16.0 Å². The van der Waals surface area contributed by atoms with Gasteiger partial charge in [-0.1, -0.05) is 91.9 Å². The van der Waals surface area contributed by atoms with E-state index in [-0.39, 0.29) is 22.8 Å². The summed E-state index contributed by atoms with van der Waals surface area (Å²) in [5.41, 5.74) is 2.62. The second kappa shape index (κ2) is 14.2. The molecular weight excluding hydrogens is 554 g/mol. The Labute approximate surface area is 255 Å². The van der Waals surface area contributed by atoms with E-state index in [4.69, 9.17) is 0 Å². The van der Waals surface area contributed by atoms with Crippen LogP contribution in [0.2, 0.25) is 0 Å². The van der Waals surface area contributed by atoms with Crippen LogP contribution in [0.3, 0.4) is 0 Å². The Kier molecular flexibility index (Phi) is 9.67. The molecule has 0 aliphatic rings. The van der Waals surface area contributed by atoms with Gasteiger partial charge in [0, 0.05) is 21.8 Å². The van der Waals surface area contributed by atoms with Gasteiger partial charge in [-0.2, -0.15) is 0 Å². The fourth-order valence-corrected chi connectivity index (χ4v) is 5.49. The van der Waals surface area contributed by atoms with Gasteiger partial charge in [0.25, 0.3) is 11.8 Å². The summed E-state index contributed by atoms with van der Waals surface area (Å²) in [5.74, 6) is -0.934. The van der Waals surface area contributed by atoms with Gasteiger partial charge in [0.15, 0.2) is 0 Å². The van der Waals surface area contributed by atoms with Gasteiger partial charge in [0.1, 0.15) is 5.70 Å². The van der Waals surface area contributed by atoms with E-state index in [1.165, 1.54) is 11.8 Å². The first-order chi connectivity index (χ1) is 21.0. The number of carbonyl (C=O) groups is 3. The predicted molar refractivity (Wildman–Crippen MR) is 176 cm³/mol. The Hall–Kier alpha value is -5.14. The second-order valence-corrected chi connectivity index (χ2v) is 11.1. The zero-order valence-corrected chi connectivity index (χ0v) is 24.4. The van der Waals surface area contributed by atoms with Crippen molar-refractivity contribution < 1.29 is 14.4 Å². The first kappa shape index (κ1) is 29.4. The number of thioether (sulfide) groups is 1. The number of nitrogens with one attached hydrogen (secondary N) is 3. The van der Waals surface area contributed by atoms with Crippen LogP contribution >= 0.6 is 11.8 Å². The molecule has 5 aromatic carbocycles. The van der Waals surface area contributed by atoms with Gasteiger partial charge in [-0.3, -0.25) is 14.4 Å². The molecule has 0 fully saturated rings. The number of benzene rings is 5. The van der Waals surface area contributed by atoms with Crippen molar-refractivity contribution in [2.75, 3.05) is 10.6 Å². The quantitative estimate of drug-likeness (QED) is 0.115. The van der Waals surface area contributed by atoms with Crippen molar-refractivity contribution in [1.29, 1.82) is 0 Å². The summed E-state index contributed by atoms with van der Waals surface area (Å²) in [6.07, 6.45) is 2.26. The largest absolute Gasteiger partial charge is 0.325 e. The minimum Gasteiger partial charge on any atom is -0.325 e. The van der Waals surface area contributed by atoms with Gasteiger partial charge in [-0.05, 0) is 71.3 Å². The number of fused-ring (bicyclic) bond motifs is 1. The van der Waals surface area contributed by atoms with Gasteiger partial charge >= 0.3 is 0 Å². The van der Waals surface area contributed by atoms with Crippen molar-refractivity contribution in [2.45, 2.75) is 23.5 Å². The lowest BCUT2D eigenvalue weighted by Gasteiger charge is -2.16. The third kappa shape index (κ3) is 7.99. The van der Waals surface area contributed by atoms with Crippen LogP contribution in [0, 0.1) is 0 Å². The molecule has 5 aromatic rings. The monoisotopic (exact) mass is 585 g/mol. The highest BCUT2D eigenvalue weighted by Gasteiger charge is 2.19. The normalized spacial score (nSPS) is 11.9. The van der Waals surface area contributed by atoms with Crippen LogP contribution in [0.4, 0.5) is 11.4 Å². The molecule has 7 heteroatoms. The van der Waals surface area contributed by atoms with E-state index in [2.05, 4.69) is 16.0 Å². The molecule has 214 valence electrons. The first-order valence-electron chi connectivity index (χ1n) is 14.0. The van der Waals surface area contributed by atoms with Crippen LogP contribution in [0.15, 0.2) is 138 Å². The number of amides is 3. The average molecular weight is 586 g/mol. The number of rotatable bonds is 10. The van der Waals surface area contributed by atoms with Crippen molar-refractivity contribution in [1.82, 2.24) is 5.32 Å². The number of carbonyl (C=O) groups excluding carboxylic acids is 3. The Bertz CT molecular complexity index is 1770. The second-order valence-electron chi connectivity index (χ2n) is 9.84. The van der Waals surface area contributed by atoms with E-state index >= 15 is 0 Å². The van der Waals surface area contributed by atoms with E-state index in [1.54, 1.807) is 36.4 Å². The molecular formula is C36H31N3O3S. The summed E-state index contributed by atoms with van der Waals surface area (Å²) in [6.45, 7) is 1.97. The fourth-order valence-electron chi connectivity index (χ4n) is 4.48. The van der Waals surface area contributed by atoms with Crippen molar-refractivity contribution in [2.24, 2.45) is 0 Å². The molecule has 0 saturated carbocycles. The molecule has 0 aliphatic heterocycles. The van der Waals surface area contributed by atoms with Crippen molar-refractivity contribution in [3.05, 3.63) is 144 Å². The minimum atomic E-state index is -0.462. The lowest BCUT2D eigenvalue weighted by molar-refractivity contribution is -0.116. The molecule has 6 nitrogen and oxygen atoms in total.